The van der Waals surface area contributed by atoms with Crippen LogP contribution < -0.4 is 4.72 Å². The summed E-state index contributed by atoms with van der Waals surface area (Å²) in [6.45, 7) is 2.26. The van der Waals surface area contributed by atoms with Gasteiger partial charge in [0.05, 0.1) is 4.90 Å². The van der Waals surface area contributed by atoms with Gasteiger partial charge in [0.1, 0.15) is 0 Å². The monoisotopic (exact) mass is 357 g/mol. The van der Waals surface area contributed by atoms with Crippen LogP contribution in [0.4, 0.5) is 0 Å². The molecule has 0 amide bonds. The summed E-state index contributed by atoms with van der Waals surface area (Å²) in [7, 11) is -3.52. The lowest BCUT2D eigenvalue weighted by Gasteiger charge is -2.09. The second-order valence-electron chi connectivity index (χ2n) is 4.85. The third kappa shape index (κ3) is 4.23. The van der Waals surface area contributed by atoms with E-state index in [1.54, 1.807) is 30.3 Å². The maximum Gasteiger partial charge on any atom is 0.240 e. The largest absolute Gasteiger partial charge is 0.240 e. The smallest absolute Gasteiger partial charge is 0.211 e. The Morgan fingerprint density at radius 1 is 1.00 bits per heavy atom. The van der Waals surface area contributed by atoms with Crippen molar-refractivity contribution in [2.45, 2.75) is 24.7 Å². The van der Waals surface area contributed by atoms with Crippen LogP contribution in [0.3, 0.4) is 0 Å². The third-order valence-electron chi connectivity index (χ3n) is 3.37. The van der Waals surface area contributed by atoms with E-state index in [-0.39, 0.29) is 11.4 Å². The molecule has 1 N–H and O–H groups in total. The fourth-order valence-corrected chi connectivity index (χ4v) is 3.69. The highest BCUT2D eigenvalue weighted by Crippen LogP contribution is 2.24. The standard InChI is InChI=1S/C16H17Cl2NO2S/c1-2-12-6-8-13(9-7-12)22(20,21)19-11-10-14-15(17)4-3-5-16(14)18/h3-9,19H,2,10-11H2,1H3. The Labute approximate surface area is 141 Å². The van der Waals surface area contributed by atoms with Gasteiger partial charge >= 0.3 is 0 Å². The molecule has 0 spiro atoms. The van der Waals surface area contributed by atoms with Crippen LogP contribution in [0, 0.1) is 0 Å². The molecule has 0 saturated heterocycles. The molecule has 0 aliphatic carbocycles. The first kappa shape index (κ1) is 17.3. The molecule has 3 nitrogen and oxygen atoms in total. The molecule has 0 atom stereocenters. The molecule has 0 aliphatic rings. The Hall–Kier alpha value is -1.07. The molecule has 0 fully saturated rings. The first-order chi connectivity index (χ1) is 10.4. The third-order valence-corrected chi connectivity index (χ3v) is 5.56. The van der Waals surface area contributed by atoms with Crippen LogP contribution in [-0.4, -0.2) is 15.0 Å². The van der Waals surface area contributed by atoms with Gasteiger partial charge in [-0.2, -0.15) is 0 Å². The van der Waals surface area contributed by atoms with Crippen LogP contribution in [0.15, 0.2) is 47.4 Å². The first-order valence-corrected chi connectivity index (χ1v) is 9.19. The predicted molar refractivity (Wildman–Crippen MR) is 91.2 cm³/mol. The van der Waals surface area contributed by atoms with E-state index in [1.807, 2.05) is 19.1 Å². The van der Waals surface area contributed by atoms with E-state index in [2.05, 4.69) is 4.72 Å². The molecular weight excluding hydrogens is 341 g/mol. The Balaban J connectivity index is 2.03. The first-order valence-electron chi connectivity index (χ1n) is 6.95. The maximum atomic E-state index is 12.2. The molecule has 0 heterocycles. The van der Waals surface area contributed by atoms with Crippen molar-refractivity contribution in [3.63, 3.8) is 0 Å². The molecule has 0 aromatic heterocycles. The van der Waals surface area contributed by atoms with Crippen LogP contribution in [0.1, 0.15) is 18.1 Å². The second-order valence-corrected chi connectivity index (χ2v) is 7.43. The van der Waals surface area contributed by atoms with E-state index in [0.717, 1.165) is 17.5 Å². The van der Waals surface area contributed by atoms with Gasteiger partial charge in [0.15, 0.2) is 0 Å². The maximum absolute atomic E-state index is 12.2. The number of hydrogen-bond acceptors (Lipinski definition) is 2. The summed E-state index contributed by atoms with van der Waals surface area (Å²) in [5, 5.41) is 1.08. The van der Waals surface area contributed by atoms with Crippen molar-refractivity contribution >= 4 is 33.2 Å². The van der Waals surface area contributed by atoms with E-state index in [9.17, 15) is 8.42 Å². The summed E-state index contributed by atoms with van der Waals surface area (Å²) < 4.78 is 27.0. The van der Waals surface area contributed by atoms with Gasteiger partial charge in [-0.05, 0) is 48.2 Å². The average Bonchev–Trinajstić information content (AvgIpc) is 2.50. The Bertz CT molecular complexity index is 723. The van der Waals surface area contributed by atoms with Crippen LogP contribution in [0.5, 0.6) is 0 Å². The predicted octanol–water partition coefficient (Wildman–Crippen LogP) is 4.08. The zero-order valence-electron chi connectivity index (χ0n) is 12.1. The van der Waals surface area contributed by atoms with Crippen molar-refractivity contribution < 1.29 is 8.42 Å². The zero-order valence-corrected chi connectivity index (χ0v) is 14.5. The molecule has 0 bridgehead atoms. The molecule has 6 heteroatoms. The number of halogens is 2. The van der Waals surface area contributed by atoms with Gasteiger partial charge in [0.2, 0.25) is 10.0 Å². The molecular formula is C16H17Cl2NO2S. The summed E-state index contributed by atoms with van der Waals surface area (Å²) in [4.78, 5) is 0.259. The molecule has 0 radical (unpaired) electrons. The summed E-state index contributed by atoms with van der Waals surface area (Å²) in [6.07, 6.45) is 1.31. The fraction of sp³-hybridized carbons (Fsp3) is 0.250. The number of benzene rings is 2. The van der Waals surface area contributed by atoms with Crippen molar-refractivity contribution in [3.05, 3.63) is 63.6 Å². The van der Waals surface area contributed by atoms with Gasteiger partial charge in [-0.25, -0.2) is 13.1 Å². The van der Waals surface area contributed by atoms with Crippen molar-refractivity contribution in [2.24, 2.45) is 0 Å². The topological polar surface area (TPSA) is 46.2 Å². The highest BCUT2D eigenvalue weighted by molar-refractivity contribution is 7.89. The van der Waals surface area contributed by atoms with E-state index >= 15 is 0 Å². The Morgan fingerprint density at radius 3 is 2.14 bits per heavy atom. The van der Waals surface area contributed by atoms with E-state index in [0.29, 0.717) is 16.5 Å². The fourth-order valence-electron chi connectivity index (χ4n) is 2.07. The minimum atomic E-state index is -3.52. The Morgan fingerprint density at radius 2 is 1.59 bits per heavy atom. The van der Waals surface area contributed by atoms with Gasteiger partial charge in [-0.15, -0.1) is 0 Å². The normalized spacial score (nSPS) is 11.6. The molecule has 118 valence electrons. The summed E-state index contributed by atoms with van der Waals surface area (Å²) in [5.74, 6) is 0. The lowest BCUT2D eigenvalue weighted by molar-refractivity contribution is 0.581. The lowest BCUT2D eigenvalue weighted by Crippen LogP contribution is -2.26. The molecule has 2 aromatic rings. The van der Waals surface area contributed by atoms with Gasteiger partial charge < -0.3 is 0 Å². The van der Waals surface area contributed by atoms with Crippen molar-refractivity contribution in [1.29, 1.82) is 0 Å². The number of nitrogens with one attached hydrogen (secondary N) is 1. The number of hydrogen-bond donors (Lipinski definition) is 1. The van der Waals surface area contributed by atoms with Gasteiger partial charge in [-0.1, -0.05) is 48.3 Å². The van der Waals surface area contributed by atoms with Crippen LogP contribution in [0.2, 0.25) is 10.0 Å². The number of rotatable bonds is 6. The van der Waals surface area contributed by atoms with E-state index < -0.39 is 10.0 Å². The highest BCUT2D eigenvalue weighted by Gasteiger charge is 2.14. The highest BCUT2D eigenvalue weighted by atomic mass is 35.5. The minimum Gasteiger partial charge on any atom is -0.211 e. The van der Waals surface area contributed by atoms with Crippen molar-refractivity contribution in [3.8, 4) is 0 Å². The summed E-state index contributed by atoms with van der Waals surface area (Å²) in [5.41, 5.74) is 1.84. The Kier molecular flexibility index (Phi) is 5.87. The summed E-state index contributed by atoms with van der Waals surface area (Å²) >= 11 is 12.1. The number of sulfonamides is 1. The van der Waals surface area contributed by atoms with Crippen molar-refractivity contribution in [1.82, 2.24) is 4.72 Å². The van der Waals surface area contributed by atoms with Crippen LogP contribution >= 0.6 is 23.2 Å². The minimum absolute atomic E-state index is 0.237. The van der Waals surface area contributed by atoms with E-state index in [1.165, 1.54) is 0 Å². The zero-order chi connectivity index (χ0) is 16.2. The molecule has 0 unspecified atom stereocenters. The quantitative estimate of drug-likeness (QED) is 0.846. The SMILES string of the molecule is CCc1ccc(S(=O)(=O)NCCc2c(Cl)cccc2Cl)cc1. The summed E-state index contributed by atoms with van der Waals surface area (Å²) in [6, 6.07) is 12.1. The van der Waals surface area contributed by atoms with Gasteiger partial charge in [-0.3, -0.25) is 0 Å². The molecule has 2 aromatic carbocycles. The molecule has 2 rings (SSSR count). The van der Waals surface area contributed by atoms with Gasteiger partial charge in [0.25, 0.3) is 0 Å². The molecule has 0 aliphatic heterocycles. The lowest BCUT2D eigenvalue weighted by atomic mass is 10.1. The number of aryl methyl sites for hydroxylation is 1. The average molecular weight is 358 g/mol. The van der Waals surface area contributed by atoms with Crippen LogP contribution in [-0.2, 0) is 22.9 Å². The molecule has 22 heavy (non-hydrogen) atoms. The second kappa shape index (κ2) is 7.47. The van der Waals surface area contributed by atoms with Gasteiger partial charge in [0, 0.05) is 16.6 Å². The van der Waals surface area contributed by atoms with Crippen molar-refractivity contribution in [2.75, 3.05) is 6.54 Å². The molecule has 0 saturated carbocycles. The van der Waals surface area contributed by atoms with Crippen LogP contribution in [0.25, 0.3) is 0 Å². The van der Waals surface area contributed by atoms with E-state index in [4.69, 9.17) is 23.2 Å².